The molecule has 0 aliphatic rings. The molecule has 0 fully saturated rings. The van der Waals surface area contributed by atoms with E-state index in [0.29, 0.717) is 16.2 Å². The van der Waals surface area contributed by atoms with Gasteiger partial charge in [0.2, 0.25) is 0 Å². The van der Waals surface area contributed by atoms with Gasteiger partial charge in [-0.2, -0.15) is 5.10 Å². The number of ether oxygens (including phenoxy) is 1. The van der Waals surface area contributed by atoms with Gasteiger partial charge in [0.05, 0.1) is 18.3 Å². The number of methoxy groups -OCH3 is 1. The molecule has 0 atom stereocenters. The number of thiol groups is 1. The monoisotopic (exact) mass is 223 g/mol. The summed E-state index contributed by atoms with van der Waals surface area (Å²) in [6.45, 7) is 1.86. The molecule has 2 rings (SSSR count). The van der Waals surface area contributed by atoms with Gasteiger partial charge in [-0.1, -0.05) is 0 Å². The number of rotatable bonds is 1. The van der Waals surface area contributed by atoms with Crippen molar-refractivity contribution in [1.82, 2.24) is 14.6 Å². The van der Waals surface area contributed by atoms with Gasteiger partial charge < -0.3 is 4.74 Å². The first kappa shape index (κ1) is 9.97. The summed E-state index contributed by atoms with van der Waals surface area (Å²) in [4.78, 5) is 15.5. The molecule has 2 heterocycles. The van der Waals surface area contributed by atoms with Crippen molar-refractivity contribution >= 4 is 24.2 Å². The molecule has 0 aromatic carbocycles. The lowest BCUT2D eigenvalue weighted by molar-refractivity contribution is 0.0602. The maximum absolute atomic E-state index is 11.4. The molecule has 0 unspecified atom stereocenters. The third-order valence-electron chi connectivity index (χ3n) is 2.04. The highest BCUT2D eigenvalue weighted by molar-refractivity contribution is 7.80. The quantitative estimate of drug-likeness (QED) is 0.447. The van der Waals surface area contributed by atoms with Crippen molar-refractivity contribution < 1.29 is 9.53 Å². The lowest BCUT2D eigenvalue weighted by atomic mass is 10.3. The van der Waals surface area contributed by atoms with Crippen LogP contribution in [-0.2, 0) is 4.74 Å². The van der Waals surface area contributed by atoms with Gasteiger partial charge in [0.1, 0.15) is 5.56 Å². The summed E-state index contributed by atoms with van der Waals surface area (Å²) < 4.78 is 6.20. The van der Waals surface area contributed by atoms with Gasteiger partial charge in [-0.05, 0) is 13.0 Å². The maximum Gasteiger partial charge on any atom is 0.343 e. The first-order chi connectivity index (χ1) is 7.13. The smallest absolute Gasteiger partial charge is 0.343 e. The molecule has 15 heavy (non-hydrogen) atoms. The minimum absolute atomic E-state index is 0.344. The molecular weight excluding hydrogens is 214 g/mol. The number of aryl methyl sites for hydroxylation is 1. The van der Waals surface area contributed by atoms with Crippen LogP contribution >= 0.6 is 12.6 Å². The van der Waals surface area contributed by atoms with Crippen LogP contribution in [0.15, 0.2) is 17.3 Å². The zero-order valence-corrected chi connectivity index (χ0v) is 9.15. The normalized spacial score (nSPS) is 10.6. The average Bonchev–Trinajstić information content (AvgIpc) is 2.60. The molecule has 0 N–H and O–H groups in total. The molecule has 6 heteroatoms. The molecule has 0 radical (unpaired) electrons. The second kappa shape index (κ2) is 3.54. The zero-order chi connectivity index (χ0) is 11.0. The van der Waals surface area contributed by atoms with Crippen molar-refractivity contribution in [3.05, 3.63) is 23.5 Å². The van der Waals surface area contributed by atoms with E-state index in [-0.39, 0.29) is 0 Å². The number of aromatic nitrogens is 3. The Balaban J connectivity index is 2.74. The largest absolute Gasteiger partial charge is 0.465 e. The van der Waals surface area contributed by atoms with Crippen LogP contribution in [-0.4, -0.2) is 27.7 Å². The third kappa shape index (κ3) is 1.56. The molecule has 5 nitrogen and oxygen atoms in total. The van der Waals surface area contributed by atoms with E-state index in [1.807, 2.05) is 6.92 Å². The van der Waals surface area contributed by atoms with E-state index in [0.717, 1.165) is 5.69 Å². The molecule has 0 aliphatic carbocycles. The standard InChI is InChI=1S/C9H9N3O2S/c1-5-3-7(15)11-8-6(9(13)14-2)4-10-12(5)8/h3-4H,1-2H3,(H,11,15). The number of esters is 1. The summed E-state index contributed by atoms with van der Waals surface area (Å²) in [5.41, 5.74) is 1.67. The van der Waals surface area contributed by atoms with Gasteiger partial charge in [-0.15, -0.1) is 12.6 Å². The van der Waals surface area contributed by atoms with Gasteiger partial charge in [-0.3, -0.25) is 0 Å². The SMILES string of the molecule is COC(=O)c1cnn2c(C)cc(S)nc12. The Morgan fingerprint density at radius 3 is 3.00 bits per heavy atom. The molecule has 2 aromatic rings. The van der Waals surface area contributed by atoms with Crippen LogP contribution in [0.4, 0.5) is 0 Å². The highest BCUT2D eigenvalue weighted by Crippen LogP contribution is 2.14. The van der Waals surface area contributed by atoms with Gasteiger partial charge in [0, 0.05) is 5.69 Å². The second-order valence-corrected chi connectivity index (χ2v) is 3.50. The summed E-state index contributed by atoms with van der Waals surface area (Å²) in [5, 5.41) is 4.59. The van der Waals surface area contributed by atoms with Crippen LogP contribution in [0.5, 0.6) is 0 Å². The van der Waals surface area contributed by atoms with E-state index in [2.05, 4.69) is 27.4 Å². The van der Waals surface area contributed by atoms with Crippen molar-refractivity contribution in [3.63, 3.8) is 0 Å². The van der Waals surface area contributed by atoms with Crippen molar-refractivity contribution in [1.29, 1.82) is 0 Å². The van der Waals surface area contributed by atoms with E-state index in [1.54, 1.807) is 10.6 Å². The van der Waals surface area contributed by atoms with Crippen LogP contribution in [0.25, 0.3) is 5.65 Å². The molecule has 0 saturated carbocycles. The van der Waals surface area contributed by atoms with Gasteiger partial charge in [0.25, 0.3) is 0 Å². The van der Waals surface area contributed by atoms with Crippen LogP contribution < -0.4 is 0 Å². The van der Waals surface area contributed by atoms with Crippen LogP contribution in [0, 0.1) is 6.92 Å². The summed E-state index contributed by atoms with van der Waals surface area (Å²) in [5.74, 6) is -0.448. The van der Waals surface area contributed by atoms with Gasteiger partial charge in [-0.25, -0.2) is 14.3 Å². The fourth-order valence-corrected chi connectivity index (χ4v) is 1.63. The van der Waals surface area contributed by atoms with Gasteiger partial charge >= 0.3 is 5.97 Å². The third-order valence-corrected chi connectivity index (χ3v) is 2.27. The summed E-state index contributed by atoms with van der Waals surface area (Å²) in [7, 11) is 1.32. The number of hydrogen-bond donors (Lipinski definition) is 1. The topological polar surface area (TPSA) is 56.5 Å². The van der Waals surface area contributed by atoms with Crippen molar-refractivity contribution in [2.45, 2.75) is 11.9 Å². The highest BCUT2D eigenvalue weighted by atomic mass is 32.1. The Morgan fingerprint density at radius 2 is 2.33 bits per heavy atom. The lowest BCUT2D eigenvalue weighted by Gasteiger charge is -2.00. The maximum atomic E-state index is 11.4. The molecule has 0 saturated heterocycles. The molecule has 2 aromatic heterocycles. The summed E-state index contributed by atoms with van der Waals surface area (Å²) in [6.07, 6.45) is 1.44. The Kier molecular flexibility index (Phi) is 2.36. The van der Waals surface area contributed by atoms with Gasteiger partial charge in [0.15, 0.2) is 5.65 Å². The predicted molar refractivity (Wildman–Crippen MR) is 56.3 cm³/mol. The number of fused-ring (bicyclic) bond motifs is 1. The molecule has 0 spiro atoms. The first-order valence-corrected chi connectivity index (χ1v) is 4.71. The second-order valence-electron chi connectivity index (χ2n) is 3.04. The minimum Gasteiger partial charge on any atom is -0.465 e. The molecule has 78 valence electrons. The Hall–Kier alpha value is -1.56. The average molecular weight is 223 g/mol. The Morgan fingerprint density at radius 1 is 1.60 bits per heavy atom. The predicted octanol–water partition coefficient (Wildman–Crippen LogP) is 1.11. The molecule has 0 bridgehead atoms. The fraction of sp³-hybridized carbons (Fsp3) is 0.222. The Labute approximate surface area is 91.5 Å². The number of carbonyl (C=O) groups is 1. The lowest BCUT2D eigenvalue weighted by Crippen LogP contribution is -2.03. The van der Waals surface area contributed by atoms with E-state index >= 15 is 0 Å². The Bertz CT molecular complexity index is 535. The van der Waals surface area contributed by atoms with E-state index < -0.39 is 5.97 Å². The zero-order valence-electron chi connectivity index (χ0n) is 8.26. The van der Waals surface area contributed by atoms with Crippen LogP contribution in [0.3, 0.4) is 0 Å². The van der Waals surface area contributed by atoms with E-state index in [4.69, 9.17) is 0 Å². The van der Waals surface area contributed by atoms with Crippen molar-refractivity contribution in [3.8, 4) is 0 Å². The summed E-state index contributed by atoms with van der Waals surface area (Å²) in [6, 6.07) is 1.77. The highest BCUT2D eigenvalue weighted by Gasteiger charge is 2.15. The first-order valence-electron chi connectivity index (χ1n) is 4.26. The number of carbonyl (C=O) groups excluding carboxylic acids is 1. The van der Waals surface area contributed by atoms with Crippen LogP contribution in [0.2, 0.25) is 0 Å². The van der Waals surface area contributed by atoms with Crippen molar-refractivity contribution in [2.24, 2.45) is 0 Å². The van der Waals surface area contributed by atoms with Crippen molar-refractivity contribution in [2.75, 3.05) is 7.11 Å². The molecular formula is C9H9N3O2S. The minimum atomic E-state index is -0.448. The van der Waals surface area contributed by atoms with Crippen LogP contribution in [0.1, 0.15) is 16.1 Å². The number of nitrogens with zero attached hydrogens (tertiary/aromatic N) is 3. The van der Waals surface area contributed by atoms with E-state index in [1.165, 1.54) is 13.3 Å². The number of hydrogen-bond acceptors (Lipinski definition) is 5. The molecule has 0 aliphatic heterocycles. The van der Waals surface area contributed by atoms with E-state index in [9.17, 15) is 4.79 Å². The molecule has 0 amide bonds. The fourth-order valence-electron chi connectivity index (χ4n) is 1.35. The summed E-state index contributed by atoms with van der Waals surface area (Å²) >= 11 is 4.15.